The van der Waals surface area contributed by atoms with Gasteiger partial charge in [-0.05, 0) is 54.3 Å². The number of Topliss-reactive ketones (excluding diaryl/α,β-unsaturated/α-hetero) is 1. The van der Waals surface area contributed by atoms with Gasteiger partial charge in [0.2, 0.25) is 0 Å². The van der Waals surface area contributed by atoms with Crippen molar-refractivity contribution in [2.75, 3.05) is 0 Å². The lowest BCUT2D eigenvalue weighted by Gasteiger charge is -2.17. The third-order valence-corrected chi connectivity index (χ3v) is 3.50. The van der Waals surface area contributed by atoms with E-state index in [1.807, 2.05) is 0 Å². The van der Waals surface area contributed by atoms with Crippen LogP contribution in [0.2, 0.25) is 0 Å². The molecule has 3 rings (SSSR count). The van der Waals surface area contributed by atoms with Crippen molar-refractivity contribution in [3.05, 3.63) is 70.5 Å². The Bertz CT molecular complexity index is 699. The predicted molar refractivity (Wildman–Crippen MR) is 75.1 cm³/mol. The van der Waals surface area contributed by atoms with Gasteiger partial charge in [-0.3, -0.25) is 4.79 Å². The molecule has 0 aliphatic heterocycles. The van der Waals surface area contributed by atoms with Gasteiger partial charge in [0.15, 0.2) is 5.78 Å². The lowest BCUT2D eigenvalue weighted by Crippen LogP contribution is -2.13. The first kappa shape index (κ1) is 12.6. The van der Waals surface area contributed by atoms with E-state index in [1.165, 1.54) is 18.2 Å². The van der Waals surface area contributed by atoms with Crippen molar-refractivity contribution in [2.24, 2.45) is 0 Å². The van der Waals surface area contributed by atoms with Crippen LogP contribution in [-0.4, -0.2) is 10.9 Å². The second-order valence-corrected chi connectivity index (χ2v) is 4.89. The fourth-order valence-corrected chi connectivity index (χ4v) is 2.45. The Morgan fingerprint density at radius 3 is 2.55 bits per heavy atom. The van der Waals surface area contributed by atoms with Crippen LogP contribution in [0.25, 0.3) is 6.08 Å². The summed E-state index contributed by atoms with van der Waals surface area (Å²) in [5.74, 6) is -0.260. The zero-order chi connectivity index (χ0) is 14.1. The molecule has 0 heterocycles. The van der Waals surface area contributed by atoms with Gasteiger partial charge in [0.1, 0.15) is 11.6 Å². The van der Waals surface area contributed by atoms with E-state index >= 15 is 0 Å². The third-order valence-electron chi connectivity index (χ3n) is 3.50. The number of ketones is 1. The molecule has 0 unspecified atom stereocenters. The minimum Gasteiger partial charge on any atom is -0.508 e. The summed E-state index contributed by atoms with van der Waals surface area (Å²) in [5.41, 5.74) is 3.02. The lowest BCUT2D eigenvalue weighted by molar-refractivity contribution is 0.102. The number of allylic oxidation sites excluding steroid dienone is 1. The second kappa shape index (κ2) is 4.93. The zero-order valence-electron chi connectivity index (χ0n) is 10.8. The highest BCUT2D eigenvalue weighted by molar-refractivity contribution is 6.13. The fraction of sp³-hybridized carbons (Fsp3) is 0.118. The zero-order valence-corrected chi connectivity index (χ0v) is 10.8. The van der Waals surface area contributed by atoms with Gasteiger partial charge >= 0.3 is 0 Å². The van der Waals surface area contributed by atoms with Crippen LogP contribution in [0.1, 0.15) is 27.9 Å². The highest BCUT2D eigenvalue weighted by Gasteiger charge is 2.22. The number of phenols is 1. The average molecular weight is 268 g/mol. The SMILES string of the molecule is O=C1/C(=C/c2ccc(F)cc2)CCc2ccc(O)cc21. The Balaban J connectivity index is 1.97. The standard InChI is InChI=1S/C17H13FO2/c18-14-6-1-11(2-7-14)9-13-4-3-12-5-8-15(19)10-16(12)17(13)20/h1-2,5-10,19H,3-4H2/b13-9+. The van der Waals surface area contributed by atoms with E-state index in [0.717, 1.165) is 17.5 Å². The number of benzene rings is 2. The molecule has 0 radical (unpaired) electrons. The van der Waals surface area contributed by atoms with Crippen LogP contribution in [0.5, 0.6) is 5.75 Å². The topological polar surface area (TPSA) is 37.3 Å². The molecule has 0 bridgehead atoms. The molecule has 1 aliphatic carbocycles. The van der Waals surface area contributed by atoms with Crippen LogP contribution in [0.15, 0.2) is 48.0 Å². The second-order valence-electron chi connectivity index (χ2n) is 4.89. The largest absolute Gasteiger partial charge is 0.508 e. The number of aryl methyl sites for hydroxylation is 1. The normalized spacial score (nSPS) is 16.2. The van der Waals surface area contributed by atoms with Crippen molar-refractivity contribution in [3.8, 4) is 5.75 Å². The van der Waals surface area contributed by atoms with Gasteiger partial charge in [0.05, 0.1) is 0 Å². The van der Waals surface area contributed by atoms with Gasteiger partial charge in [-0.15, -0.1) is 0 Å². The molecule has 1 N–H and O–H groups in total. The smallest absolute Gasteiger partial charge is 0.189 e. The minimum absolute atomic E-state index is 0.0634. The molecule has 1 aliphatic rings. The molecular weight excluding hydrogens is 255 g/mol. The first-order chi connectivity index (χ1) is 9.63. The van der Waals surface area contributed by atoms with Crippen LogP contribution in [0, 0.1) is 5.82 Å². The molecule has 0 fully saturated rings. The molecule has 0 spiro atoms. The Kier molecular flexibility index (Phi) is 3.11. The number of aromatic hydroxyl groups is 1. The fourth-order valence-electron chi connectivity index (χ4n) is 2.45. The van der Waals surface area contributed by atoms with Gasteiger partial charge in [0.25, 0.3) is 0 Å². The summed E-state index contributed by atoms with van der Waals surface area (Å²) in [6.45, 7) is 0. The molecule has 2 nitrogen and oxygen atoms in total. The first-order valence-electron chi connectivity index (χ1n) is 6.46. The monoisotopic (exact) mass is 268 g/mol. The van der Waals surface area contributed by atoms with Crippen molar-refractivity contribution >= 4 is 11.9 Å². The van der Waals surface area contributed by atoms with E-state index in [-0.39, 0.29) is 17.3 Å². The van der Waals surface area contributed by atoms with E-state index in [1.54, 1.807) is 30.3 Å². The summed E-state index contributed by atoms with van der Waals surface area (Å²) in [6, 6.07) is 10.9. The molecule has 0 saturated heterocycles. The summed E-state index contributed by atoms with van der Waals surface area (Å²) in [5, 5.41) is 9.50. The number of hydrogen-bond donors (Lipinski definition) is 1. The maximum Gasteiger partial charge on any atom is 0.189 e. The molecule has 0 aromatic heterocycles. The van der Waals surface area contributed by atoms with E-state index in [4.69, 9.17) is 0 Å². The number of carbonyl (C=O) groups is 1. The highest BCUT2D eigenvalue weighted by Crippen LogP contribution is 2.29. The molecule has 20 heavy (non-hydrogen) atoms. The molecule has 2 aromatic carbocycles. The Morgan fingerprint density at radius 1 is 1.05 bits per heavy atom. The van der Waals surface area contributed by atoms with Crippen molar-refractivity contribution in [1.29, 1.82) is 0 Å². The Labute approximate surface area is 116 Å². The third kappa shape index (κ3) is 2.35. The highest BCUT2D eigenvalue weighted by atomic mass is 19.1. The number of rotatable bonds is 1. The van der Waals surface area contributed by atoms with Gasteiger partial charge in [0, 0.05) is 11.1 Å². The van der Waals surface area contributed by atoms with E-state index in [2.05, 4.69) is 0 Å². The number of halogens is 1. The summed E-state index contributed by atoms with van der Waals surface area (Å²) >= 11 is 0. The summed E-state index contributed by atoms with van der Waals surface area (Å²) < 4.78 is 12.9. The Morgan fingerprint density at radius 2 is 1.80 bits per heavy atom. The summed E-state index contributed by atoms with van der Waals surface area (Å²) in [4.78, 5) is 12.4. The molecule has 0 atom stereocenters. The van der Waals surface area contributed by atoms with Gasteiger partial charge in [-0.25, -0.2) is 4.39 Å². The van der Waals surface area contributed by atoms with Gasteiger partial charge < -0.3 is 5.11 Å². The van der Waals surface area contributed by atoms with Gasteiger partial charge in [-0.2, -0.15) is 0 Å². The Hall–Kier alpha value is -2.42. The van der Waals surface area contributed by atoms with Crippen molar-refractivity contribution < 1.29 is 14.3 Å². The van der Waals surface area contributed by atoms with Crippen LogP contribution in [0.3, 0.4) is 0 Å². The predicted octanol–water partition coefficient (Wildman–Crippen LogP) is 3.74. The molecule has 100 valence electrons. The molecule has 2 aromatic rings. The van der Waals surface area contributed by atoms with E-state index < -0.39 is 0 Å². The summed E-state index contributed by atoms with van der Waals surface area (Å²) in [6.07, 6.45) is 3.22. The summed E-state index contributed by atoms with van der Waals surface area (Å²) in [7, 11) is 0. The number of carbonyl (C=O) groups excluding carboxylic acids is 1. The van der Waals surface area contributed by atoms with Crippen molar-refractivity contribution in [3.63, 3.8) is 0 Å². The van der Waals surface area contributed by atoms with E-state index in [9.17, 15) is 14.3 Å². The minimum atomic E-state index is -0.294. The van der Waals surface area contributed by atoms with Crippen molar-refractivity contribution in [2.45, 2.75) is 12.8 Å². The maximum atomic E-state index is 12.9. The quantitative estimate of drug-likeness (QED) is 0.800. The molecule has 0 amide bonds. The van der Waals surface area contributed by atoms with Crippen molar-refractivity contribution in [1.82, 2.24) is 0 Å². The average Bonchev–Trinajstić information content (AvgIpc) is 2.45. The van der Waals surface area contributed by atoms with E-state index in [0.29, 0.717) is 17.6 Å². The molecule has 0 saturated carbocycles. The molecule has 3 heteroatoms. The number of fused-ring (bicyclic) bond motifs is 1. The number of phenolic OH excluding ortho intramolecular Hbond substituents is 1. The molecular formula is C17H13FO2. The van der Waals surface area contributed by atoms with Crippen LogP contribution >= 0.6 is 0 Å². The maximum absolute atomic E-state index is 12.9. The lowest BCUT2D eigenvalue weighted by atomic mass is 9.86. The van der Waals surface area contributed by atoms with Crippen LogP contribution in [-0.2, 0) is 6.42 Å². The van der Waals surface area contributed by atoms with Crippen LogP contribution in [0.4, 0.5) is 4.39 Å². The first-order valence-corrected chi connectivity index (χ1v) is 6.46. The number of hydrogen-bond acceptors (Lipinski definition) is 2. The van der Waals surface area contributed by atoms with Gasteiger partial charge in [-0.1, -0.05) is 18.2 Å². The van der Waals surface area contributed by atoms with Crippen LogP contribution < -0.4 is 0 Å².